The standard InChI is InChI=1S/C15H25N5O/c1-9(2)20-15(14(21-6)8-17-20)13(16)7-12-10(3)18-19(5)11(12)4/h8-9,13H,7,16H2,1-6H3. The molecule has 0 aliphatic carbocycles. The molecule has 1 unspecified atom stereocenters. The number of ether oxygens (including phenoxy) is 1. The average molecular weight is 291 g/mol. The Kier molecular flexibility index (Phi) is 4.37. The van der Waals surface area contributed by atoms with Crippen LogP contribution >= 0.6 is 0 Å². The molecule has 0 saturated heterocycles. The smallest absolute Gasteiger partial charge is 0.161 e. The molecule has 0 spiro atoms. The maximum absolute atomic E-state index is 6.46. The zero-order valence-electron chi connectivity index (χ0n) is 13.7. The summed E-state index contributed by atoms with van der Waals surface area (Å²) in [5.41, 5.74) is 10.8. The Balaban J connectivity index is 2.36. The Morgan fingerprint density at radius 1 is 1.33 bits per heavy atom. The molecular weight excluding hydrogens is 266 g/mol. The third-order valence-corrected chi connectivity index (χ3v) is 3.94. The summed E-state index contributed by atoms with van der Waals surface area (Å²) >= 11 is 0. The van der Waals surface area contributed by atoms with Crippen molar-refractivity contribution in [2.75, 3.05) is 7.11 Å². The lowest BCUT2D eigenvalue weighted by Gasteiger charge is -2.18. The van der Waals surface area contributed by atoms with Crippen molar-refractivity contribution in [3.05, 3.63) is 28.8 Å². The van der Waals surface area contributed by atoms with Crippen molar-refractivity contribution >= 4 is 0 Å². The molecule has 0 saturated carbocycles. The van der Waals surface area contributed by atoms with Gasteiger partial charge in [-0.2, -0.15) is 10.2 Å². The minimum absolute atomic E-state index is 0.175. The van der Waals surface area contributed by atoms with E-state index in [0.29, 0.717) is 0 Å². The first-order valence-electron chi connectivity index (χ1n) is 7.22. The summed E-state index contributed by atoms with van der Waals surface area (Å²) in [6.07, 6.45) is 2.46. The van der Waals surface area contributed by atoms with Crippen LogP contribution in [0.3, 0.4) is 0 Å². The second kappa shape index (κ2) is 5.89. The van der Waals surface area contributed by atoms with Gasteiger partial charge in [-0.05, 0) is 39.7 Å². The van der Waals surface area contributed by atoms with Gasteiger partial charge in [0.15, 0.2) is 5.75 Å². The molecule has 6 nitrogen and oxygen atoms in total. The summed E-state index contributed by atoms with van der Waals surface area (Å²) in [5, 5.41) is 8.84. The van der Waals surface area contributed by atoms with E-state index in [0.717, 1.165) is 29.3 Å². The minimum atomic E-state index is -0.175. The first-order valence-corrected chi connectivity index (χ1v) is 7.22. The van der Waals surface area contributed by atoms with E-state index in [4.69, 9.17) is 10.5 Å². The number of hydrogen-bond donors (Lipinski definition) is 1. The van der Waals surface area contributed by atoms with Crippen molar-refractivity contribution in [2.45, 2.75) is 46.2 Å². The van der Waals surface area contributed by atoms with Crippen LogP contribution in [0.15, 0.2) is 6.20 Å². The normalized spacial score (nSPS) is 13.0. The Hall–Kier alpha value is -1.82. The Morgan fingerprint density at radius 3 is 2.48 bits per heavy atom. The van der Waals surface area contributed by atoms with Crippen molar-refractivity contribution in [1.82, 2.24) is 19.6 Å². The highest BCUT2D eigenvalue weighted by molar-refractivity contribution is 5.32. The lowest BCUT2D eigenvalue weighted by molar-refractivity contribution is 0.396. The van der Waals surface area contributed by atoms with Crippen molar-refractivity contribution < 1.29 is 4.74 Å². The molecule has 0 aliphatic rings. The summed E-state index contributed by atoms with van der Waals surface area (Å²) in [4.78, 5) is 0. The van der Waals surface area contributed by atoms with Crippen LogP contribution in [0.25, 0.3) is 0 Å². The molecule has 6 heteroatoms. The summed E-state index contributed by atoms with van der Waals surface area (Å²) in [6.45, 7) is 8.26. The highest BCUT2D eigenvalue weighted by atomic mass is 16.5. The maximum atomic E-state index is 6.46. The Bertz CT molecular complexity index is 626. The lowest BCUT2D eigenvalue weighted by Crippen LogP contribution is -2.21. The van der Waals surface area contributed by atoms with E-state index < -0.39 is 0 Å². The number of methoxy groups -OCH3 is 1. The van der Waals surface area contributed by atoms with Crippen LogP contribution in [-0.2, 0) is 13.5 Å². The zero-order valence-corrected chi connectivity index (χ0v) is 13.7. The molecule has 0 fully saturated rings. The van der Waals surface area contributed by atoms with Gasteiger partial charge in [0.05, 0.1) is 30.7 Å². The number of hydrogen-bond acceptors (Lipinski definition) is 4. The quantitative estimate of drug-likeness (QED) is 0.915. The van der Waals surface area contributed by atoms with E-state index in [-0.39, 0.29) is 12.1 Å². The Morgan fingerprint density at radius 2 is 2.00 bits per heavy atom. The molecule has 0 aromatic carbocycles. The molecule has 2 N–H and O–H groups in total. The summed E-state index contributed by atoms with van der Waals surface area (Å²) in [6, 6.07) is 0.0671. The van der Waals surface area contributed by atoms with Crippen LogP contribution in [0.4, 0.5) is 0 Å². The van der Waals surface area contributed by atoms with E-state index >= 15 is 0 Å². The molecule has 1 atom stereocenters. The van der Waals surface area contributed by atoms with Gasteiger partial charge >= 0.3 is 0 Å². The monoisotopic (exact) mass is 291 g/mol. The fourth-order valence-corrected chi connectivity index (χ4v) is 2.71. The molecule has 2 rings (SSSR count). The van der Waals surface area contributed by atoms with Gasteiger partial charge in [-0.25, -0.2) is 0 Å². The van der Waals surface area contributed by atoms with Crippen molar-refractivity contribution in [3.8, 4) is 5.75 Å². The van der Waals surface area contributed by atoms with Crippen LogP contribution in [0.5, 0.6) is 5.75 Å². The van der Waals surface area contributed by atoms with Gasteiger partial charge < -0.3 is 10.5 Å². The zero-order chi connectivity index (χ0) is 15.7. The second-order valence-electron chi connectivity index (χ2n) is 5.72. The van der Waals surface area contributed by atoms with Gasteiger partial charge in [0.2, 0.25) is 0 Å². The van der Waals surface area contributed by atoms with E-state index in [2.05, 4.69) is 31.0 Å². The van der Waals surface area contributed by atoms with E-state index in [1.807, 2.05) is 23.3 Å². The number of aromatic nitrogens is 4. The third-order valence-electron chi connectivity index (χ3n) is 3.94. The predicted molar refractivity (Wildman–Crippen MR) is 82.5 cm³/mol. The van der Waals surface area contributed by atoms with E-state index in [1.54, 1.807) is 13.3 Å². The van der Waals surface area contributed by atoms with Gasteiger partial charge in [-0.15, -0.1) is 0 Å². The first kappa shape index (κ1) is 15.6. The number of nitrogens with two attached hydrogens (primary N) is 1. The SMILES string of the molecule is COc1cnn(C(C)C)c1C(N)Cc1c(C)nn(C)c1C. The molecular formula is C15H25N5O. The minimum Gasteiger partial charge on any atom is -0.493 e. The van der Waals surface area contributed by atoms with Gasteiger partial charge in [0, 0.05) is 18.8 Å². The molecule has 21 heavy (non-hydrogen) atoms. The molecule has 0 amide bonds. The molecule has 2 aromatic heterocycles. The predicted octanol–water partition coefficient (Wildman–Crippen LogP) is 2.07. The van der Waals surface area contributed by atoms with Crippen molar-refractivity contribution in [2.24, 2.45) is 12.8 Å². The number of aryl methyl sites for hydroxylation is 2. The Labute approximate surface area is 125 Å². The number of nitrogens with zero attached hydrogens (tertiary/aromatic N) is 4. The van der Waals surface area contributed by atoms with Crippen LogP contribution in [0.1, 0.15) is 48.6 Å². The van der Waals surface area contributed by atoms with Gasteiger partial charge in [0.1, 0.15) is 0 Å². The molecule has 2 aromatic rings. The van der Waals surface area contributed by atoms with Crippen LogP contribution in [-0.4, -0.2) is 26.7 Å². The first-order chi connectivity index (χ1) is 9.86. The highest BCUT2D eigenvalue weighted by Crippen LogP contribution is 2.29. The van der Waals surface area contributed by atoms with E-state index in [1.165, 1.54) is 5.56 Å². The molecule has 0 radical (unpaired) electrons. The number of rotatable bonds is 5. The molecule has 2 heterocycles. The van der Waals surface area contributed by atoms with Crippen LogP contribution < -0.4 is 10.5 Å². The second-order valence-corrected chi connectivity index (χ2v) is 5.72. The summed E-state index contributed by atoms with van der Waals surface area (Å²) < 4.78 is 9.25. The summed E-state index contributed by atoms with van der Waals surface area (Å²) in [5.74, 6) is 0.746. The molecule has 116 valence electrons. The summed E-state index contributed by atoms with van der Waals surface area (Å²) in [7, 11) is 3.61. The fraction of sp³-hybridized carbons (Fsp3) is 0.600. The molecule has 0 bridgehead atoms. The topological polar surface area (TPSA) is 70.9 Å². The average Bonchev–Trinajstić information content (AvgIpc) is 2.95. The third kappa shape index (κ3) is 2.81. The largest absolute Gasteiger partial charge is 0.493 e. The van der Waals surface area contributed by atoms with Gasteiger partial charge in [-0.1, -0.05) is 0 Å². The van der Waals surface area contributed by atoms with Gasteiger partial charge in [-0.3, -0.25) is 9.36 Å². The maximum Gasteiger partial charge on any atom is 0.161 e. The molecule has 0 aliphatic heterocycles. The van der Waals surface area contributed by atoms with E-state index in [9.17, 15) is 0 Å². The lowest BCUT2D eigenvalue weighted by atomic mass is 10.0. The van der Waals surface area contributed by atoms with Crippen molar-refractivity contribution in [1.29, 1.82) is 0 Å². The fourth-order valence-electron chi connectivity index (χ4n) is 2.71. The van der Waals surface area contributed by atoms with Gasteiger partial charge in [0.25, 0.3) is 0 Å². The van der Waals surface area contributed by atoms with Crippen LogP contribution in [0, 0.1) is 13.8 Å². The highest BCUT2D eigenvalue weighted by Gasteiger charge is 2.23. The van der Waals surface area contributed by atoms with Crippen LogP contribution in [0.2, 0.25) is 0 Å². The van der Waals surface area contributed by atoms with Crippen molar-refractivity contribution in [3.63, 3.8) is 0 Å².